The Labute approximate surface area is 215 Å². The lowest BCUT2D eigenvalue weighted by Crippen LogP contribution is -2.55. The molecule has 2 aliphatic heterocycles. The van der Waals surface area contributed by atoms with Crippen LogP contribution in [0.5, 0.6) is 5.75 Å². The smallest absolute Gasteiger partial charge is 0.241 e. The van der Waals surface area contributed by atoms with Crippen LogP contribution in [0.3, 0.4) is 0 Å². The monoisotopic (exact) mass is 507 g/mol. The van der Waals surface area contributed by atoms with E-state index in [0.717, 1.165) is 54.3 Å². The average molecular weight is 508 g/mol. The molecule has 3 N–H and O–H groups in total. The normalized spacial score (nSPS) is 22.0. The summed E-state index contributed by atoms with van der Waals surface area (Å²) in [6.45, 7) is 2.70. The summed E-state index contributed by atoms with van der Waals surface area (Å²) in [6.07, 6.45) is 2.46. The van der Waals surface area contributed by atoms with Crippen LogP contribution in [0.1, 0.15) is 48.1 Å². The molecule has 3 aromatic carbocycles. The number of benzene rings is 3. The van der Waals surface area contributed by atoms with Crippen molar-refractivity contribution in [2.45, 2.75) is 50.2 Å². The number of amides is 1. The molecule has 1 aliphatic carbocycles. The number of carbonyl (C=O) groups excluding carboxylic acids is 1. The molecule has 3 atom stereocenters. The number of aliphatic hydroxyl groups excluding tert-OH is 1. The predicted octanol–water partition coefficient (Wildman–Crippen LogP) is 4.12. The molecule has 6 rings (SSSR count). The quantitative estimate of drug-likeness (QED) is 0.477. The van der Waals surface area contributed by atoms with Crippen LogP contribution in [0.2, 0.25) is 5.02 Å². The number of ether oxygens (including phenoxy) is 1. The van der Waals surface area contributed by atoms with E-state index < -0.39 is 24.1 Å². The molecule has 1 saturated carbocycles. The Morgan fingerprint density at radius 2 is 1.97 bits per heavy atom. The molecule has 0 bridgehead atoms. The Hall–Kier alpha value is -2.68. The number of halogens is 1. The molecule has 1 unspecified atom stereocenters. The molecule has 36 heavy (non-hydrogen) atoms. The topological polar surface area (TPSA) is 88.3 Å². The van der Waals surface area contributed by atoms with Crippen molar-refractivity contribution in [3.8, 4) is 5.75 Å². The third kappa shape index (κ3) is 4.46. The lowest BCUT2D eigenvalue weighted by molar-refractivity contribution is -0.250. The summed E-state index contributed by atoms with van der Waals surface area (Å²) in [7, 11) is 0. The Bertz CT molecular complexity index is 1290. The summed E-state index contributed by atoms with van der Waals surface area (Å²) in [5.41, 5.74) is 8.39. The van der Waals surface area contributed by atoms with Gasteiger partial charge in [-0.3, -0.25) is 9.63 Å². The second-order valence-corrected chi connectivity index (χ2v) is 10.4. The van der Waals surface area contributed by atoms with Gasteiger partial charge in [-0.1, -0.05) is 54.1 Å². The highest BCUT2D eigenvalue weighted by Gasteiger charge is 2.42. The number of nitrogens with two attached hydrogens (primary N) is 1. The number of aliphatic hydroxyl groups is 1. The van der Waals surface area contributed by atoms with Gasteiger partial charge >= 0.3 is 0 Å². The number of hydroxylamine groups is 2. The number of hydrogen-bond donors (Lipinski definition) is 2. The number of nitrogens with zero attached hydrogens (tertiary/aromatic N) is 2. The van der Waals surface area contributed by atoms with Gasteiger partial charge in [-0.25, -0.2) is 0 Å². The molecule has 8 heteroatoms. The van der Waals surface area contributed by atoms with Gasteiger partial charge in [0.05, 0.1) is 29.9 Å². The average Bonchev–Trinajstić information content (AvgIpc) is 3.67. The summed E-state index contributed by atoms with van der Waals surface area (Å²) >= 11 is 6.52. The van der Waals surface area contributed by atoms with Gasteiger partial charge in [0.15, 0.2) is 0 Å². The molecule has 7 nitrogen and oxygen atoms in total. The van der Waals surface area contributed by atoms with Crippen molar-refractivity contribution in [2.24, 2.45) is 5.73 Å². The van der Waals surface area contributed by atoms with Crippen LogP contribution in [0.4, 0.5) is 0 Å². The SMILES string of the molecule is NC(=O)C1c2ccc3ccccc3c2CON1[C@H](CN1CCC1)[C@H](O)c1ccc(OC2CC2)c(Cl)c1. The molecule has 2 fully saturated rings. The van der Waals surface area contributed by atoms with Gasteiger partial charge in [0.2, 0.25) is 5.91 Å². The predicted molar refractivity (Wildman–Crippen MR) is 137 cm³/mol. The number of primary amides is 1. The Morgan fingerprint density at radius 3 is 2.67 bits per heavy atom. The first kappa shape index (κ1) is 23.7. The summed E-state index contributed by atoms with van der Waals surface area (Å²) < 4.78 is 5.86. The van der Waals surface area contributed by atoms with Crippen molar-refractivity contribution in [1.82, 2.24) is 9.96 Å². The number of rotatable bonds is 8. The highest BCUT2D eigenvalue weighted by Crippen LogP contribution is 2.40. The number of likely N-dealkylation sites (tertiary alicyclic amines) is 1. The van der Waals surface area contributed by atoms with E-state index in [4.69, 9.17) is 26.9 Å². The van der Waals surface area contributed by atoms with Crippen LogP contribution < -0.4 is 10.5 Å². The summed E-state index contributed by atoms with van der Waals surface area (Å²) in [4.78, 5) is 21.4. The van der Waals surface area contributed by atoms with E-state index in [2.05, 4.69) is 4.90 Å². The van der Waals surface area contributed by atoms with Gasteiger partial charge < -0.3 is 20.5 Å². The van der Waals surface area contributed by atoms with Gasteiger partial charge in [-0.05, 0) is 71.9 Å². The maximum atomic E-state index is 12.9. The zero-order valence-corrected chi connectivity index (χ0v) is 20.7. The van der Waals surface area contributed by atoms with Crippen LogP contribution in [0.25, 0.3) is 10.8 Å². The van der Waals surface area contributed by atoms with Gasteiger partial charge in [-0.15, -0.1) is 0 Å². The van der Waals surface area contributed by atoms with E-state index in [9.17, 15) is 9.90 Å². The largest absolute Gasteiger partial charge is 0.489 e. The maximum Gasteiger partial charge on any atom is 0.241 e. The fourth-order valence-corrected chi connectivity index (χ4v) is 5.45. The summed E-state index contributed by atoms with van der Waals surface area (Å²) in [5.74, 6) is 0.109. The first-order valence-corrected chi connectivity index (χ1v) is 12.9. The number of fused-ring (bicyclic) bond motifs is 3. The molecule has 0 aromatic heterocycles. The van der Waals surface area contributed by atoms with Crippen molar-refractivity contribution in [2.75, 3.05) is 19.6 Å². The van der Waals surface area contributed by atoms with Gasteiger partial charge in [-0.2, -0.15) is 5.06 Å². The molecule has 3 aromatic rings. The highest BCUT2D eigenvalue weighted by atomic mass is 35.5. The molecule has 0 spiro atoms. The van der Waals surface area contributed by atoms with Gasteiger partial charge in [0, 0.05) is 6.54 Å². The fraction of sp³-hybridized carbons (Fsp3) is 0.393. The molecule has 188 valence electrons. The molecule has 1 amide bonds. The van der Waals surface area contributed by atoms with Gasteiger partial charge in [0.25, 0.3) is 0 Å². The summed E-state index contributed by atoms with van der Waals surface area (Å²) in [6, 6.07) is 16.0. The minimum atomic E-state index is -0.957. The van der Waals surface area contributed by atoms with Crippen LogP contribution in [0, 0.1) is 0 Å². The van der Waals surface area contributed by atoms with Crippen molar-refractivity contribution in [1.29, 1.82) is 0 Å². The first-order chi connectivity index (χ1) is 17.5. The summed E-state index contributed by atoms with van der Waals surface area (Å²) in [5, 5.41) is 15.8. The molecule has 1 saturated heterocycles. The molecular weight excluding hydrogens is 478 g/mol. The second-order valence-electron chi connectivity index (χ2n) is 9.97. The minimum Gasteiger partial charge on any atom is -0.489 e. The number of hydrogen-bond acceptors (Lipinski definition) is 6. The molecular formula is C28H30ClN3O4. The van der Waals surface area contributed by atoms with Crippen LogP contribution >= 0.6 is 11.6 Å². The highest BCUT2D eigenvalue weighted by molar-refractivity contribution is 6.32. The standard InChI is InChI=1S/C28H30ClN3O4/c29-23-14-18(7-11-25(23)36-19-8-9-19)27(33)24(15-31-12-3-13-31)32-26(28(30)34)21-10-6-17-4-1-2-5-20(17)22(21)16-35-32/h1-2,4-7,10-11,14,19,24,26-27,33H,3,8-9,12-13,15-16H2,(H2,30,34)/t24-,26?,27-/m1/s1. The van der Waals surface area contributed by atoms with Crippen molar-refractivity contribution >= 4 is 28.3 Å². The maximum absolute atomic E-state index is 12.9. The van der Waals surface area contributed by atoms with E-state index in [1.165, 1.54) is 0 Å². The van der Waals surface area contributed by atoms with Crippen molar-refractivity contribution in [3.05, 3.63) is 76.3 Å². The third-order valence-corrected chi connectivity index (χ3v) is 7.75. The van der Waals surface area contributed by atoms with E-state index in [-0.39, 0.29) is 6.10 Å². The van der Waals surface area contributed by atoms with E-state index in [1.54, 1.807) is 11.1 Å². The molecule has 0 radical (unpaired) electrons. The van der Waals surface area contributed by atoms with Crippen LogP contribution in [-0.2, 0) is 16.2 Å². The Morgan fingerprint density at radius 1 is 1.17 bits per heavy atom. The molecule has 2 heterocycles. The zero-order valence-electron chi connectivity index (χ0n) is 20.0. The zero-order chi connectivity index (χ0) is 24.8. The number of carbonyl (C=O) groups is 1. The van der Waals surface area contributed by atoms with Crippen molar-refractivity contribution < 1.29 is 19.5 Å². The lowest BCUT2D eigenvalue weighted by Gasteiger charge is -2.44. The van der Waals surface area contributed by atoms with E-state index >= 15 is 0 Å². The van der Waals surface area contributed by atoms with Crippen LogP contribution in [-0.4, -0.2) is 52.8 Å². The van der Waals surface area contributed by atoms with E-state index in [1.807, 2.05) is 48.5 Å². The second kappa shape index (κ2) is 9.65. The van der Waals surface area contributed by atoms with Gasteiger partial charge in [0.1, 0.15) is 11.8 Å². The Balaban J connectivity index is 1.35. The fourth-order valence-electron chi connectivity index (χ4n) is 5.22. The third-order valence-electron chi connectivity index (χ3n) is 7.45. The van der Waals surface area contributed by atoms with Crippen LogP contribution in [0.15, 0.2) is 54.6 Å². The molecule has 3 aliphatic rings. The van der Waals surface area contributed by atoms with E-state index in [0.29, 0.717) is 29.5 Å². The minimum absolute atomic E-state index is 0.228. The van der Waals surface area contributed by atoms with Crippen molar-refractivity contribution in [3.63, 3.8) is 0 Å². The first-order valence-electron chi connectivity index (χ1n) is 12.6. The lowest BCUT2D eigenvalue weighted by atomic mass is 9.91. The Kier molecular flexibility index (Phi) is 6.35.